The van der Waals surface area contributed by atoms with Crippen LogP contribution in [0.25, 0.3) is 0 Å². The van der Waals surface area contributed by atoms with E-state index in [0.29, 0.717) is 11.5 Å². The summed E-state index contributed by atoms with van der Waals surface area (Å²) in [6.07, 6.45) is -0.887. The predicted octanol–water partition coefficient (Wildman–Crippen LogP) is 1.19. The van der Waals surface area contributed by atoms with Crippen LogP contribution in [-0.2, 0) is 0 Å². The lowest BCUT2D eigenvalue weighted by Gasteiger charge is -2.14. The van der Waals surface area contributed by atoms with Crippen molar-refractivity contribution < 1.29 is 19.7 Å². The lowest BCUT2D eigenvalue weighted by molar-refractivity contribution is 0.0525. The highest BCUT2D eigenvalue weighted by Crippen LogP contribution is 2.34. The molecule has 84 valence electrons. The smallest absolute Gasteiger partial charge is 0.175 e. The minimum atomic E-state index is -0.887. The number of para-hydroxylation sites is 1. The molecule has 1 atom stereocenters. The molecule has 0 aliphatic rings. The molecule has 1 rings (SSSR count). The second-order valence-electron chi connectivity index (χ2n) is 2.92. The number of aliphatic hydroxyl groups is 2. The summed E-state index contributed by atoms with van der Waals surface area (Å²) in [6.45, 7) is -0.303. The number of halogens is 1. The Morgan fingerprint density at radius 3 is 2.80 bits per heavy atom. The van der Waals surface area contributed by atoms with Crippen molar-refractivity contribution in [3.63, 3.8) is 0 Å². The molecule has 0 heterocycles. The summed E-state index contributed by atoms with van der Waals surface area (Å²) in [5.41, 5.74) is 0. The zero-order chi connectivity index (χ0) is 11.3. The van der Waals surface area contributed by atoms with Gasteiger partial charge in [0.05, 0.1) is 18.2 Å². The van der Waals surface area contributed by atoms with Crippen molar-refractivity contribution >= 4 is 15.9 Å². The van der Waals surface area contributed by atoms with Crippen LogP contribution in [0, 0.1) is 0 Å². The number of hydrogen-bond donors (Lipinski definition) is 2. The molecule has 15 heavy (non-hydrogen) atoms. The third kappa shape index (κ3) is 3.37. The third-order valence-electron chi connectivity index (χ3n) is 1.78. The van der Waals surface area contributed by atoms with Crippen molar-refractivity contribution in [1.29, 1.82) is 0 Å². The van der Waals surface area contributed by atoms with E-state index in [-0.39, 0.29) is 13.2 Å². The molecule has 1 aromatic carbocycles. The van der Waals surface area contributed by atoms with E-state index in [2.05, 4.69) is 15.9 Å². The number of ether oxygens (including phenoxy) is 2. The molecule has 0 aliphatic heterocycles. The monoisotopic (exact) mass is 276 g/mol. The molecular weight excluding hydrogens is 264 g/mol. The molecule has 0 spiro atoms. The highest BCUT2D eigenvalue weighted by molar-refractivity contribution is 9.10. The van der Waals surface area contributed by atoms with Gasteiger partial charge in [0.25, 0.3) is 0 Å². The van der Waals surface area contributed by atoms with Gasteiger partial charge in [-0.25, -0.2) is 0 Å². The van der Waals surface area contributed by atoms with Crippen LogP contribution in [0.1, 0.15) is 0 Å². The van der Waals surface area contributed by atoms with Crippen molar-refractivity contribution in [2.75, 3.05) is 20.3 Å². The van der Waals surface area contributed by atoms with Crippen LogP contribution in [0.4, 0.5) is 0 Å². The largest absolute Gasteiger partial charge is 0.493 e. The van der Waals surface area contributed by atoms with Gasteiger partial charge in [-0.15, -0.1) is 0 Å². The minimum Gasteiger partial charge on any atom is -0.493 e. The molecule has 1 unspecified atom stereocenters. The van der Waals surface area contributed by atoms with Gasteiger partial charge < -0.3 is 19.7 Å². The van der Waals surface area contributed by atoms with E-state index < -0.39 is 6.10 Å². The van der Waals surface area contributed by atoms with Crippen molar-refractivity contribution in [1.82, 2.24) is 0 Å². The second kappa shape index (κ2) is 5.95. The predicted molar refractivity (Wildman–Crippen MR) is 59.3 cm³/mol. The van der Waals surface area contributed by atoms with Gasteiger partial charge in [0, 0.05) is 0 Å². The van der Waals surface area contributed by atoms with Gasteiger partial charge in [-0.05, 0) is 28.1 Å². The van der Waals surface area contributed by atoms with E-state index in [9.17, 15) is 0 Å². The van der Waals surface area contributed by atoms with Gasteiger partial charge in [-0.2, -0.15) is 0 Å². The molecule has 0 amide bonds. The number of hydrogen-bond acceptors (Lipinski definition) is 4. The van der Waals surface area contributed by atoms with E-state index in [1.54, 1.807) is 6.07 Å². The van der Waals surface area contributed by atoms with Crippen molar-refractivity contribution in [3.8, 4) is 11.5 Å². The van der Waals surface area contributed by atoms with Gasteiger partial charge in [-0.1, -0.05) is 6.07 Å². The first kappa shape index (κ1) is 12.3. The van der Waals surface area contributed by atoms with Crippen LogP contribution in [0.5, 0.6) is 11.5 Å². The Morgan fingerprint density at radius 1 is 1.47 bits per heavy atom. The maximum Gasteiger partial charge on any atom is 0.175 e. The first-order chi connectivity index (χ1) is 7.19. The molecule has 0 saturated carbocycles. The van der Waals surface area contributed by atoms with E-state index in [1.165, 1.54) is 7.11 Å². The maximum absolute atomic E-state index is 9.14. The average molecular weight is 277 g/mol. The quantitative estimate of drug-likeness (QED) is 0.848. The molecule has 0 bridgehead atoms. The first-order valence-electron chi connectivity index (χ1n) is 4.43. The molecule has 0 aromatic heterocycles. The number of aliphatic hydroxyl groups excluding tert-OH is 2. The Balaban J connectivity index is 2.74. The van der Waals surface area contributed by atoms with Crippen LogP contribution < -0.4 is 9.47 Å². The molecular formula is C10H13BrO4. The van der Waals surface area contributed by atoms with Crippen molar-refractivity contribution in [3.05, 3.63) is 22.7 Å². The Morgan fingerprint density at radius 2 is 2.20 bits per heavy atom. The summed E-state index contributed by atoms with van der Waals surface area (Å²) in [5.74, 6) is 1.10. The highest BCUT2D eigenvalue weighted by Gasteiger charge is 2.10. The summed E-state index contributed by atoms with van der Waals surface area (Å²) < 4.78 is 11.2. The Labute approximate surface area is 96.6 Å². The van der Waals surface area contributed by atoms with E-state index in [0.717, 1.165) is 4.47 Å². The molecule has 0 fully saturated rings. The fourth-order valence-electron chi connectivity index (χ4n) is 1.02. The van der Waals surface area contributed by atoms with Gasteiger partial charge in [0.1, 0.15) is 12.7 Å². The standard InChI is InChI=1S/C10H13BrO4/c1-14-9-4-2-3-8(11)10(9)15-6-7(13)5-12/h2-4,7,12-13H,5-6H2,1H3. The number of benzene rings is 1. The zero-order valence-corrected chi connectivity index (χ0v) is 9.90. The minimum absolute atomic E-state index is 0.0233. The summed E-state index contributed by atoms with van der Waals surface area (Å²) in [7, 11) is 1.54. The molecule has 0 saturated heterocycles. The average Bonchev–Trinajstić information content (AvgIpc) is 2.26. The molecule has 0 aliphatic carbocycles. The van der Waals surface area contributed by atoms with Gasteiger partial charge >= 0.3 is 0 Å². The summed E-state index contributed by atoms with van der Waals surface area (Å²) in [6, 6.07) is 5.38. The van der Waals surface area contributed by atoms with Crippen LogP contribution in [-0.4, -0.2) is 36.6 Å². The molecule has 0 radical (unpaired) electrons. The Bertz CT molecular complexity index is 316. The number of methoxy groups -OCH3 is 1. The normalized spacial score (nSPS) is 12.3. The second-order valence-corrected chi connectivity index (χ2v) is 3.77. The van der Waals surface area contributed by atoms with Crippen LogP contribution in [0.15, 0.2) is 22.7 Å². The lowest BCUT2D eigenvalue weighted by atomic mass is 10.3. The Hall–Kier alpha value is -0.780. The maximum atomic E-state index is 9.14. The van der Waals surface area contributed by atoms with Gasteiger partial charge in [-0.3, -0.25) is 0 Å². The van der Waals surface area contributed by atoms with Crippen LogP contribution in [0.3, 0.4) is 0 Å². The van der Waals surface area contributed by atoms with Gasteiger partial charge in [0.15, 0.2) is 11.5 Å². The Kier molecular flexibility index (Phi) is 4.87. The highest BCUT2D eigenvalue weighted by atomic mass is 79.9. The fourth-order valence-corrected chi connectivity index (χ4v) is 1.48. The number of rotatable bonds is 5. The first-order valence-corrected chi connectivity index (χ1v) is 5.22. The zero-order valence-electron chi connectivity index (χ0n) is 8.31. The SMILES string of the molecule is COc1cccc(Br)c1OCC(O)CO. The van der Waals surface area contributed by atoms with E-state index >= 15 is 0 Å². The fraction of sp³-hybridized carbons (Fsp3) is 0.400. The van der Waals surface area contributed by atoms with Crippen molar-refractivity contribution in [2.24, 2.45) is 0 Å². The van der Waals surface area contributed by atoms with E-state index in [4.69, 9.17) is 19.7 Å². The lowest BCUT2D eigenvalue weighted by Crippen LogP contribution is -2.21. The summed E-state index contributed by atoms with van der Waals surface area (Å²) in [5, 5.41) is 17.8. The topological polar surface area (TPSA) is 58.9 Å². The summed E-state index contributed by atoms with van der Waals surface area (Å²) in [4.78, 5) is 0. The molecule has 1 aromatic rings. The van der Waals surface area contributed by atoms with Crippen LogP contribution in [0.2, 0.25) is 0 Å². The summed E-state index contributed by atoms with van der Waals surface area (Å²) >= 11 is 3.31. The van der Waals surface area contributed by atoms with E-state index in [1.807, 2.05) is 12.1 Å². The molecule has 4 nitrogen and oxygen atoms in total. The van der Waals surface area contributed by atoms with Gasteiger partial charge in [0.2, 0.25) is 0 Å². The molecule has 2 N–H and O–H groups in total. The third-order valence-corrected chi connectivity index (χ3v) is 2.41. The van der Waals surface area contributed by atoms with Crippen molar-refractivity contribution in [2.45, 2.75) is 6.10 Å². The molecule has 5 heteroatoms. The van der Waals surface area contributed by atoms with Crippen LogP contribution >= 0.6 is 15.9 Å².